The smallest absolute Gasteiger partial charge is 0.309 e. The van der Waals surface area contributed by atoms with Gasteiger partial charge in [-0.15, -0.1) is 0 Å². The van der Waals surface area contributed by atoms with E-state index in [1.54, 1.807) is 6.07 Å². The molecule has 0 unspecified atom stereocenters. The van der Waals surface area contributed by atoms with Crippen molar-refractivity contribution in [2.75, 3.05) is 0 Å². The normalized spacial score (nSPS) is 10.6. The standard InChI is InChI=1S/C13H13NO3/c1-2-8-3-4-9-6-10(7-12(15)16)14-13(17)11(9)5-8/h3-6H,2,7H2,1H3,(H,14,17)(H,15,16). The van der Waals surface area contributed by atoms with Crippen LogP contribution in [0.5, 0.6) is 0 Å². The van der Waals surface area contributed by atoms with E-state index in [0.717, 1.165) is 17.4 Å². The summed E-state index contributed by atoms with van der Waals surface area (Å²) in [7, 11) is 0. The van der Waals surface area contributed by atoms with Crippen molar-refractivity contribution >= 4 is 16.7 Å². The summed E-state index contributed by atoms with van der Waals surface area (Å²) in [5.74, 6) is -0.954. The van der Waals surface area contributed by atoms with Crippen LogP contribution in [0, 0.1) is 0 Å². The van der Waals surface area contributed by atoms with Crippen LogP contribution in [-0.4, -0.2) is 16.1 Å². The third-order valence-electron chi connectivity index (χ3n) is 2.72. The Morgan fingerprint density at radius 1 is 1.35 bits per heavy atom. The number of hydrogen-bond acceptors (Lipinski definition) is 2. The Bertz CT molecular complexity index is 628. The van der Waals surface area contributed by atoms with Crippen molar-refractivity contribution in [2.24, 2.45) is 0 Å². The lowest BCUT2D eigenvalue weighted by molar-refractivity contribution is -0.136. The summed E-state index contributed by atoms with van der Waals surface area (Å²) in [4.78, 5) is 25.0. The molecule has 0 saturated carbocycles. The van der Waals surface area contributed by atoms with Gasteiger partial charge < -0.3 is 10.1 Å². The molecular formula is C13H13NO3. The zero-order valence-corrected chi connectivity index (χ0v) is 9.49. The van der Waals surface area contributed by atoms with E-state index in [1.165, 1.54) is 0 Å². The number of aliphatic carboxylic acids is 1. The van der Waals surface area contributed by atoms with Crippen molar-refractivity contribution < 1.29 is 9.90 Å². The van der Waals surface area contributed by atoms with Crippen LogP contribution in [0.1, 0.15) is 18.2 Å². The topological polar surface area (TPSA) is 70.2 Å². The Hall–Kier alpha value is -2.10. The quantitative estimate of drug-likeness (QED) is 0.844. The maximum absolute atomic E-state index is 11.8. The van der Waals surface area contributed by atoms with E-state index in [4.69, 9.17) is 5.11 Å². The number of aromatic nitrogens is 1. The van der Waals surface area contributed by atoms with Gasteiger partial charge in [0.25, 0.3) is 5.56 Å². The lowest BCUT2D eigenvalue weighted by Crippen LogP contribution is -2.12. The highest BCUT2D eigenvalue weighted by Gasteiger charge is 2.05. The number of hydrogen-bond donors (Lipinski definition) is 2. The number of fused-ring (bicyclic) bond motifs is 1. The largest absolute Gasteiger partial charge is 0.481 e. The minimum atomic E-state index is -0.954. The first-order valence-electron chi connectivity index (χ1n) is 5.47. The van der Waals surface area contributed by atoms with Crippen LogP contribution < -0.4 is 5.56 Å². The zero-order chi connectivity index (χ0) is 12.4. The third kappa shape index (κ3) is 2.36. The van der Waals surface area contributed by atoms with Crippen molar-refractivity contribution in [3.05, 3.63) is 45.9 Å². The minimum absolute atomic E-state index is 0.166. The molecule has 1 aromatic heterocycles. The molecule has 0 bridgehead atoms. The number of pyridine rings is 1. The van der Waals surface area contributed by atoms with E-state index in [2.05, 4.69) is 4.98 Å². The fraction of sp³-hybridized carbons (Fsp3) is 0.231. The van der Waals surface area contributed by atoms with Gasteiger partial charge in [0.1, 0.15) is 0 Å². The number of aryl methyl sites for hydroxylation is 1. The van der Waals surface area contributed by atoms with Crippen LogP contribution in [0.4, 0.5) is 0 Å². The minimum Gasteiger partial charge on any atom is -0.481 e. The van der Waals surface area contributed by atoms with Crippen LogP contribution in [0.2, 0.25) is 0 Å². The van der Waals surface area contributed by atoms with Gasteiger partial charge in [0.2, 0.25) is 0 Å². The molecule has 4 heteroatoms. The van der Waals surface area contributed by atoms with Gasteiger partial charge in [0.15, 0.2) is 0 Å². The third-order valence-corrected chi connectivity index (χ3v) is 2.72. The Labute approximate surface area is 97.9 Å². The fourth-order valence-corrected chi connectivity index (χ4v) is 1.84. The molecule has 0 atom stereocenters. The molecule has 88 valence electrons. The summed E-state index contributed by atoms with van der Waals surface area (Å²) in [6.07, 6.45) is 0.701. The van der Waals surface area contributed by atoms with Gasteiger partial charge in [-0.2, -0.15) is 0 Å². The average Bonchev–Trinajstić information content (AvgIpc) is 2.28. The number of carboxylic acid groups (broad SMARTS) is 1. The summed E-state index contributed by atoms with van der Waals surface area (Å²) < 4.78 is 0. The highest BCUT2D eigenvalue weighted by Crippen LogP contribution is 2.13. The second-order valence-electron chi connectivity index (χ2n) is 3.97. The van der Waals surface area contributed by atoms with Crippen LogP contribution in [0.25, 0.3) is 10.8 Å². The average molecular weight is 231 g/mol. The molecule has 2 N–H and O–H groups in total. The SMILES string of the molecule is CCc1ccc2cc(CC(=O)O)[nH]c(=O)c2c1. The number of carbonyl (C=O) groups is 1. The van der Waals surface area contributed by atoms with Gasteiger partial charge in [-0.1, -0.05) is 19.1 Å². The molecule has 1 heterocycles. The molecule has 2 rings (SSSR count). The number of aromatic amines is 1. The second kappa shape index (κ2) is 4.41. The zero-order valence-electron chi connectivity index (χ0n) is 9.49. The van der Waals surface area contributed by atoms with E-state index >= 15 is 0 Å². The predicted octanol–water partition coefficient (Wildman–Crippen LogP) is 1.72. The lowest BCUT2D eigenvalue weighted by Gasteiger charge is -2.03. The van der Waals surface area contributed by atoms with Gasteiger partial charge in [0.05, 0.1) is 6.42 Å². The first kappa shape index (κ1) is 11.4. The van der Waals surface area contributed by atoms with Crippen LogP contribution in [-0.2, 0) is 17.6 Å². The first-order chi connectivity index (χ1) is 8.10. The monoisotopic (exact) mass is 231 g/mol. The molecule has 1 aromatic carbocycles. The molecule has 0 amide bonds. The maximum atomic E-state index is 11.8. The predicted molar refractivity (Wildman–Crippen MR) is 65.3 cm³/mol. The number of nitrogens with one attached hydrogen (secondary N) is 1. The van der Waals surface area contributed by atoms with Gasteiger partial charge in [-0.05, 0) is 29.5 Å². The first-order valence-corrected chi connectivity index (χ1v) is 5.47. The second-order valence-corrected chi connectivity index (χ2v) is 3.97. The molecular weight excluding hydrogens is 218 g/mol. The Balaban J connectivity index is 2.59. The molecule has 0 aliphatic heterocycles. The van der Waals surface area contributed by atoms with E-state index < -0.39 is 5.97 Å². The van der Waals surface area contributed by atoms with Gasteiger partial charge in [-0.3, -0.25) is 9.59 Å². The van der Waals surface area contributed by atoms with E-state index in [9.17, 15) is 9.59 Å². The van der Waals surface area contributed by atoms with Gasteiger partial charge in [0, 0.05) is 11.1 Å². The van der Waals surface area contributed by atoms with Crippen LogP contribution in [0.15, 0.2) is 29.1 Å². The summed E-state index contributed by atoms with van der Waals surface area (Å²) in [6, 6.07) is 7.37. The highest BCUT2D eigenvalue weighted by atomic mass is 16.4. The summed E-state index contributed by atoms with van der Waals surface area (Å²) >= 11 is 0. The summed E-state index contributed by atoms with van der Waals surface area (Å²) in [5, 5.41) is 10.1. The highest BCUT2D eigenvalue weighted by molar-refractivity contribution is 5.83. The fourth-order valence-electron chi connectivity index (χ4n) is 1.84. The maximum Gasteiger partial charge on any atom is 0.309 e. The molecule has 0 aliphatic carbocycles. The number of carboxylic acids is 1. The lowest BCUT2D eigenvalue weighted by atomic mass is 10.1. The number of rotatable bonds is 3. The van der Waals surface area contributed by atoms with Crippen LogP contribution >= 0.6 is 0 Å². The molecule has 17 heavy (non-hydrogen) atoms. The van der Waals surface area contributed by atoms with E-state index in [0.29, 0.717) is 11.1 Å². The Kier molecular flexibility index (Phi) is 2.95. The number of H-pyrrole nitrogens is 1. The molecule has 4 nitrogen and oxygen atoms in total. The van der Waals surface area contributed by atoms with Gasteiger partial charge >= 0.3 is 5.97 Å². The summed E-state index contributed by atoms with van der Waals surface area (Å²) in [6.45, 7) is 2.02. The molecule has 0 saturated heterocycles. The van der Waals surface area contributed by atoms with E-state index in [-0.39, 0.29) is 12.0 Å². The van der Waals surface area contributed by atoms with Crippen LogP contribution in [0.3, 0.4) is 0 Å². The van der Waals surface area contributed by atoms with Gasteiger partial charge in [-0.25, -0.2) is 0 Å². The van der Waals surface area contributed by atoms with Crippen molar-refractivity contribution in [1.82, 2.24) is 4.98 Å². The Morgan fingerprint density at radius 3 is 2.76 bits per heavy atom. The Morgan fingerprint density at radius 2 is 2.12 bits per heavy atom. The molecule has 0 fully saturated rings. The van der Waals surface area contributed by atoms with Crippen molar-refractivity contribution in [1.29, 1.82) is 0 Å². The molecule has 0 spiro atoms. The summed E-state index contributed by atoms with van der Waals surface area (Å²) in [5.41, 5.74) is 1.29. The molecule has 2 aromatic rings. The molecule has 0 aliphatic rings. The van der Waals surface area contributed by atoms with Crippen molar-refractivity contribution in [3.8, 4) is 0 Å². The number of benzene rings is 1. The van der Waals surface area contributed by atoms with Crippen molar-refractivity contribution in [3.63, 3.8) is 0 Å². The van der Waals surface area contributed by atoms with Crippen molar-refractivity contribution in [2.45, 2.75) is 19.8 Å². The molecule has 0 radical (unpaired) electrons. The van der Waals surface area contributed by atoms with E-state index in [1.807, 2.05) is 25.1 Å².